The third kappa shape index (κ3) is 3.09. The third-order valence-electron chi connectivity index (χ3n) is 2.38. The Bertz CT molecular complexity index is 454. The van der Waals surface area contributed by atoms with Gasteiger partial charge in [0.15, 0.2) is 0 Å². The fourth-order valence-corrected chi connectivity index (χ4v) is 1.58. The summed E-state index contributed by atoms with van der Waals surface area (Å²) in [5.74, 6) is -0.347. The van der Waals surface area contributed by atoms with E-state index in [0.717, 1.165) is 0 Å². The van der Waals surface area contributed by atoms with Crippen molar-refractivity contribution >= 4 is 52.0 Å². The maximum Gasteiger partial charge on any atom is 0.236 e. The summed E-state index contributed by atoms with van der Waals surface area (Å²) >= 11 is 16.7. The van der Waals surface area contributed by atoms with Crippen LogP contribution < -0.4 is 11.1 Å². The molecule has 0 aliphatic heterocycles. The molecule has 0 heterocycles. The summed E-state index contributed by atoms with van der Waals surface area (Å²) in [5, 5.41) is 3.36. The van der Waals surface area contributed by atoms with Gasteiger partial charge in [0.25, 0.3) is 0 Å². The van der Waals surface area contributed by atoms with Crippen molar-refractivity contribution in [3.8, 4) is 0 Å². The molecule has 0 fully saturated rings. The van der Waals surface area contributed by atoms with Crippen LogP contribution in [0, 0.1) is 5.41 Å². The number of carbonyl (C=O) groups is 1. The first-order chi connectivity index (χ1) is 7.76. The van der Waals surface area contributed by atoms with Gasteiger partial charge in [-0.25, -0.2) is 0 Å². The lowest BCUT2D eigenvalue weighted by molar-refractivity contribution is -0.121. The zero-order chi connectivity index (χ0) is 13.2. The number of nitrogens with one attached hydrogen (secondary N) is 1. The van der Waals surface area contributed by atoms with Gasteiger partial charge in [-0.05, 0) is 26.0 Å². The molecule has 6 heteroatoms. The van der Waals surface area contributed by atoms with E-state index in [1.54, 1.807) is 32.0 Å². The number of rotatable bonds is 3. The van der Waals surface area contributed by atoms with Crippen molar-refractivity contribution in [2.45, 2.75) is 13.8 Å². The molecular formula is C11H12Cl2N2OS. The number of carbonyl (C=O) groups excluding carboxylic acids is 1. The van der Waals surface area contributed by atoms with Crippen LogP contribution in [0.4, 0.5) is 5.69 Å². The Morgan fingerprint density at radius 3 is 2.24 bits per heavy atom. The van der Waals surface area contributed by atoms with Gasteiger partial charge in [0.05, 0.1) is 26.1 Å². The quantitative estimate of drug-likeness (QED) is 0.841. The summed E-state index contributed by atoms with van der Waals surface area (Å²) in [4.78, 5) is 12.1. The van der Waals surface area contributed by atoms with Crippen LogP contribution in [0.15, 0.2) is 18.2 Å². The molecule has 0 saturated heterocycles. The number of hydrogen-bond acceptors (Lipinski definition) is 2. The van der Waals surface area contributed by atoms with E-state index in [0.29, 0.717) is 15.7 Å². The van der Waals surface area contributed by atoms with E-state index in [1.807, 2.05) is 0 Å². The second-order valence-corrected chi connectivity index (χ2v) is 5.29. The Morgan fingerprint density at radius 1 is 1.35 bits per heavy atom. The molecule has 0 spiro atoms. The Morgan fingerprint density at radius 2 is 1.82 bits per heavy atom. The highest BCUT2D eigenvalue weighted by Gasteiger charge is 2.31. The van der Waals surface area contributed by atoms with Crippen LogP contribution in [-0.2, 0) is 4.79 Å². The normalized spacial score (nSPS) is 11.1. The zero-order valence-electron chi connectivity index (χ0n) is 9.38. The fraction of sp³-hybridized carbons (Fsp3) is 0.273. The monoisotopic (exact) mass is 290 g/mol. The van der Waals surface area contributed by atoms with E-state index in [9.17, 15) is 4.79 Å². The van der Waals surface area contributed by atoms with Crippen LogP contribution in [0.25, 0.3) is 0 Å². The molecule has 0 unspecified atom stereocenters. The summed E-state index contributed by atoms with van der Waals surface area (Å²) in [5.41, 5.74) is 4.91. The zero-order valence-corrected chi connectivity index (χ0v) is 11.7. The van der Waals surface area contributed by atoms with Crippen LogP contribution >= 0.6 is 35.4 Å². The number of para-hydroxylation sites is 1. The maximum absolute atomic E-state index is 12.0. The summed E-state index contributed by atoms with van der Waals surface area (Å²) < 4.78 is 0. The van der Waals surface area contributed by atoms with Crippen molar-refractivity contribution in [1.82, 2.24) is 0 Å². The van der Waals surface area contributed by atoms with Gasteiger partial charge in [-0.15, -0.1) is 0 Å². The molecular weight excluding hydrogens is 279 g/mol. The topological polar surface area (TPSA) is 55.1 Å². The van der Waals surface area contributed by atoms with E-state index in [1.165, 1.54) is 0 Å². The van der Waals surface area contributed by atoms with Gasteiger partial charge in [0.2, 0.25) is 5.91 Å². The van der Waals surface area contributed by atoms with Crippen molar-refractivity contribution in [1.29, 1.82) is 0 Å². The lowest BCUT2D eigenvalue weighted by Gasteiger charge is -2.22. The summed E-state index contributed by atoms with van der Waals surface area (Å²) in [7, 11) is 0. The van der Waals surface area contributed by atoms with E-state index in [-0.39, 0.29) is 10.9 Å². The van der Waals surface area contributed by atoms with Crippen LogP contribution in [0.3, 0.4) is 0 Å². The predicted octanol–water partition coefficient (Wildman–Crippen LogP) is 3.24. The Hall–Kier alpha value is -0.840. The first-order valence-corrected chi connectivity index (χ1v) is 5.98. The fourth-order valence-electron chi connectivity index (χ4n) is 0.999. The molecule has 0 bridgehead atoms. The highest BCUT2D eigenvalue weighted by molar-refractivity contribution is 7.80. The predicted molar refractivity (Wildman–Crippen MR) is 75.7 cm³/mol. The summed E-state index contributed by atoms with van der Waals surface area (Å²) in [6.07, 6.45) is 0. The minimum Gasteiger partial charge on any atom is -0.392 e. The first-order valence-electron chi connectivity index (χ1n) is 4.82. The smallest absolute Gasteiger partial charge is 0.236 e. The molecule has 92 valence electrons. The Kier molecular flexibility index (Phi) is 4.36. The maximum atomic E-state index is 12.0. The standard InChI is InChI=1S/C11H12Cl2N2OS/c1-11(2,9(14)17)10(16)15-8-6(12)4-3-5-7(8)13/h3-5H,1-2H3,(H2,14,17)(H,15,16). The summed E-state index contributed by atoms with van der Waals surface area (Å²) in [6.45, 7) is 3.27. The van der Waals surface area contributed by atoms with E-state index in [4.69, 9.17) is 41.2 Å². The van der Waals surface area contributed by atoms with Crippen molar-refractivity contribution in [2.24, 2.45) is 11.1 Å². The molecule has 0 atom stereocenters. The largest absolute Gasteiger partial charge is 0.392 e. The van der Waals surface area contributed by atoms with Gasteiger partial charge >= 0.3 is 0 Å². The molecule has 1 amide bonds. The SMILES string of the molecule is CC(C)(C(=O)Nc1c(Cl)cccc1Cl)C(N)=S. The van der Waals surface area contributed by atoms with Crippen LogP contribution in [0.2, 0.25) is 10.0 Å². The molecule has 0 aliphatic rings. The number of amides is 1. The van der Waals surface area contributed by atoms with Gasteiger partial charge < -0.3 is 11.1 Å². The highest BCUT2D eigenvalue weighted by Crippen LogP contribution is 2.31. The number of thiocarbonyl (C=S) groups is 1. The highest BCUT2D eigenvalue weighted by atomic mass is 35.5. The molecule has 0 aliphatic carbocycles. The molecule has 1 rings (SSSR count). The minimum atomic E-state index is -0.960. The van der Waals surface area contributed by atoms with Gasteiger partial charge in [0, 0.05) is 0 Å². The third-order valence-corrected chi connectivity index (χ3v) is 3.53. The molecule has 0 radical (unpaired) electrons. The van der Waals surface area contributed by atoms with E-state index in [2.05, 4.69) is 5.32 Å². The van der Waals surface area contributed by atoms with Crippen LogP contribution in [0.5, 0.6) is 0 Å². The van der Waals surface area contributed by atoms with Crippen molar-refractivity contribution in [2.75, 3.05) is 5.32 Å². The molecule has 3 nitrogen and oxygen atoms in total. The van der Waals surface area contributed by atoms with Crippen LogP contribution in [0.1, 0.15) is 13.8 Å². The van der Waals surface area contributed by atoms with Gasteiger partial charge in [0.1, 0.15) is 0 Å². The lowest BCUT2D eigenvalue weighted by Crippen LogP contribution is -2.41. The van der Waals surface area contributed by atoms with E-state index >= 15 is 0 Å². The average molecular weight is 291 g/mol. The van der Waals surface area contributed by atoms with Crippen molar-refractivity contribution < 1.29 is 4.79 Å². The lowest BCUT2D eigenvalue weighted by atomic mass is 9.92. The molecule has 1 aromatic carbocycles. The molecule has 17 heavy (non-hydrogen) atoms. The molecule has 3 N–H and O–H groups in total. The van der Waals surface area contributed by atoms with Crippen LogP contribution in [-0.4, -0.2) is 10.9 Å². The number of benzene rings is 1. The van der Waals surface area contributed by atoms with Crippen molar-refractivity contribution in [3.05, 3.63) is 28.2 Å². The molecule has 1 aromatic rings. The number of hydrogen-bond donors (Lipinski definition) is 2. The second-order valence-electron chi connectivity index (χ2n) is 4.04. The summed E-state index contributed by atoms with van der Waals surface area (Å²) in [6, 6.07) is 4.96. The van der Waals surface area contributed by atoms with E-state index < -0.39 is 5.41 Å². The number of halogens is 2. The minimum absolute atomic E-state index is 0.109. The van der Waals surface area contributed by atoms with Crippen molar-refractivity contribution in [3.63, 3.8) is 0 Å². The number of nitrogens with two attached hydrogens (primary N) is 1. The Labute approximate surface area is 115 Å². The molecule has 0 aromatic heterocycles. The average Bonchev–Trinajstić information content (AvgIpc) is 2.23. The second kappa shape index (κ2) is 5.21. The van der Waals surface area contributed by atoms with Gasteiger partial charge in [-0.3, -0.25) is 4.79 Å². The van der Waals surface area contributed by atoms with Gasteiger partial charge in [-0.2, -0.15) is 0 Å². The number of anilines is 1. The Balaban J connectivity index is 3.00. The first kappa shape index (κ1) is 14.2. The molecule has 0 saturated carbocycles. The van der Waals surface area contributed by atoms with Gasteiger partial charge in [-0.1, -0.05) is 41.5 Å².